The van der Waals surface area contributed by atoms with Crippen LogP contribution in [0.5, 0.6) is 0 Å². The van der Waals surface area contributed by atoms with Crippen LogP contribution >= 0.6 is 0 Å². The number of methoxy groups -OCH3 is 1. The summed E-state index contributed by atoms with van der Waals surface area (Å²) < 4.78 is 42.8. The number of hydrogen-bond acceptors (Lipinski definition) is 4. The molecule has 5 nitrogen and oxygen atoms in total. The summed E-state index contributed by atoms with van der Waals surface area (Å²) in [5, 5.41) is 0.800. The van der Waals surface area contributed by atoms with Gasteiger partial charge in [0.2, 0.25) is 10.0 Å². The predicted octanol–water partition coefficient (Wildman–Crippen LogP) is 1.40. The number of esters is 1. The van der Waals surface area contributed by atoms with E-state index in [0.29, 0.717) is 5.56 Å². The van der Waals surface area contributed by atoms with Crippen molar-refractivity contribution >= 4 is 16.0 Å². The third kappa shape index (κ3) is 2.26. The van der Waals surface area contributed by atoms with E-state index in [1.54, 1.807) is 0 Å². The van der Waals surface area contributed by atoms with Gasteiger partial charge in [-0.05, 0) is 17.7 Å². The Balaban J connectivity index is 2.50. The molecule has 19 heavy (non-hydrogen) atoms. The molecule has 0 aliphatic carbocycles. The molecule has 0 amide bonds. The van der Waals surface area contributed by atoms with Gasteiger partial charge in [0.05, 0.1) is 12.7 Å². The number of halogens is 1. The zero-order chi connectivity index (χ0) is 14.2. The third-order valence-electron chi connectivity index (χ3n) is 3.02. The lowest BCUT2D eigenvalue weighted by molar-refractivity contribution is 0.0599. The van der Waals surface area contributed by atoms with Crippen molar-refractivity contribution in [3.8, 4) is 0 Å². The van der Waals surface area contributed by atoms with Crippen molar-refractivity contribution in [2.45, 2.75) is 13.1 Å². The molecule has 0 radical (unpaired) electrons. The van der Waals surface area contributed by atoms with Crippen LogP contribution in [0.4, 0.5) is 4.39 Å². The number of benzene rings is 1. The van der Waals surface area contributed by atoms with E-state index < -0.39 is 21.8 Å². The molecule has 1 heterocycles. The van der Waals surface area contributed by atoms with Crippen LogP contribution in [-0.4, -0.2) is 25.8 Å². The topological polar surface area (TPSA) is 63.7 Å². The Kier molecular flexibility index (Phi) is 3.42. The summed E-state index contributed by atoms with van der Waals surface area (Å²) in [5.41, 5.74) is 0.728. The van der Waals surface area contributed by atoms with Crippen LogP contribution in [0.3, 0.4) is 0 Å². The van der Waals surface area contributed by atoms with Crippen molar-refractivity contribution in [1.82, 2.24) is 4.31 Å². The van der Waals surface area contributed by atoms with Crippen molar-refractivity contribution in [3.63, 3.8) is 0 Å². The molecule has 1 aromatic carbocycles. The summed E-state index contributed by atoms with van der Waals surface area (Å²) >= 11 is 0. The molecule has 1 aromatic rings. The second-order valence-corrected chi connectivity index (χ2v) is 5.90. The van der Waals surface area contributed by atoms with Crippen molar-refractivity contribution < 1.29 is 22.3 Å². The van der Waals surface area contributed by atoms with Gasteiger partial charge in [-0.2, -0.15) is 4.31 Å². The summed E-state index contributed by atoms with van der Waals surface area (Å²) in [7, 11) is -2.44. The highest BCUT2D eigenvalue weighted by molar-refractivity contribution is 7.91. The van der Waals surface area contributed by atoms with Crippen LogP contribution in [0.15, 0.2) is 24.1 Å². The van der Waals surface area contributed by atoms with E-state index in [1.165, 1.54) is 13.2 Å². The highest BCUT2D eigenvalue weighted by Crippen LogP contribution is 2.30. The molecule has 0 unspecified atom stereocenters. The molecule has 0 N–H and O–H groups in total. The second kappa shape index (κ2) is 4.75. The van der Waals surface area contributed by atoms with E-state index in [4.69, 9.17) is 0 Å². The molecule has 0 saturated carbocycles. The normalized spacial score (nSPS) is 15.1. The maximum absolute atomic E-state index is 13.7. The van der Waals surface area contributed by atoms with Crippen LogP contribution in [0.25, 0.3) is 0 Å². The van der Waals surface area contributed by atoms with E-state index >= 15 is 0 Å². The standard InChI is InChI=1S/C12H12FNO4S/c1-3-19(16,17)14-6-9-8(12(15)18-2)4-5-11(13)10(9)7-14/h3-5H,1,6-7H2,2H3. The van der Waals surface area contributed by atoms with Crippen molar-refractivity contribution in [2.75, 3.05) is 7.11 Å². The second-order valence-electron chi connectivity index (χ2n) is 4.02. The van der Waals surface area contributed by atoms with Gasteiger partial charge in [0.25, 0.3) is 0 Å². The number of rotatable bonds is 3. The molecule has 1 aliphatic rings. The van der Waals surface area contributed by atoms with E-state index in [1.807, 2.05) is 0 Å². The summed E-state index contributed by atoms with van der Waals surface area (Å²) in [6.07, 6.45) is 0. The maximum Gasteiger partial charge on any atom is 0.338 e. The van der Waals surface area contributed by atoms with Gasteiger partial charge in [-0.15, -0.1) is 0 Å². The zero-order valence-electron chi connectivity index (χ0n) is 10.2. The first kappa shape index (κ1) is 13.7. The quantitative estimate of drug-likeness (QED) is 0.788. The van der Waals surface area contributed by atoms with E-state index in [0.717, 1.165) is 15.8 Å². The van der Waals surface area contributed by atoms with Gasteiger partial charge in [-0.25, -0.2) is 17.6 Å². The Bertz CT molecular complexity index is 654. The van der Waals surface area contributed by atoms with Crippen molar-refractivity contribution in [2.24, 2.45) is 0 Å². The lowest BCUT2D eigenvalue weighted by Gasteiger charge is -2.11. The molecular weight excluding hydrogens is 273 g/mol. The van der Waals surface area contributed by atoms with Gasteiger partial charge >= 0.3 is 5.97 Å². The largest absolute Gasteiger partial charge is 0.465 e. The molecule has 0 bridgehead atoms. The Labute approximate surface area is 110 Å². The van der Waals surface area contributed by atoms with Crippen LogP contribution in [-0.2, 0) is 27.8 Å². The molecule has 0 spiro atoms. The van der Waals surface area contributed by atoms with Gasteiger partial charge in [-0.1, -0.05) is 6.58 Å². The number of carbonyl (C=O) groups excluding carboxylic acids is 1. The minimum absolute atomic E-state index is 0.0636. The number of nitrogens with zero attached hydrogens (tertiary/aromatic N) is 1. The Morgan fingerprint density at radius 1 is 1.42 bits per heavy atom. The minimum atomic E-state index is -3.65. The minimum Gasteiger partial charge on any atom is -0.465 e. The first-order chi connectivity index (χ1) is 8.90. The van der Waals surface area contributed by atoms with Crippen LogP contribution in [0.1, 0.15) is 21.5 Å². The predicted molar refractivity (Wildman–Crippen MR) is 66.1 cm³/mol. The summed E-state index contributed by atoms with van der Waals surface area (Å²) in [4.78, 5) is 11.6. The summed E-state index contributed by atoms with van der Waals surface area (Å²) in [6, 6.07) is 2.43. The molecule has 0 aromatic heterocycles. The molecule has 0 saturated heterocycles. The average molecular weight is 285 g/mol. The molecule has 0 atom stereocenters. The number of ether oxygens (including phenoxy) is 1. The number of fused-ring (bicyclic) bond motifs is 1. The smallest absolute Gasteiger partial charge is 0.338 e. The van der Waals surface area contributed by atoms with Crippen LogP contribution in [0, 0.1) is 5.82 Å². The molecule has 7 heteroatoms. The van der Waals surface area contributed by atoms with Gasteiger partial charge < -0.3 is 4.74 Å². The fourth-order valence-electron chi connectivity index (χ4n) is 2.01. The number of carbonyl (C=O) groups is 1. The Morgan fingerprint density at radius 2 is 2.05 bits per heavy atom. The average Bonchev–Trinajstić information content (AvgIpc) is 2.85. The van der Waals surface area contributed by atoms with Crippen molar-refractivity contribution in [3.05, 3.63) is 46.6 Å². The van der Waals surface area contributed by atoms with Gasteiger partial charge in [0.1, 0.15) is 5.82 Å². The molecular formula is C12H12FNO4S. The Hall–Kier alpha value is -1.73. The fourth-order valence-corrected chi connectivity index (χ4v) is 2.84. The lowest BCUT2D eigenvalue weighted by atomic mass is 10.0. The van der Waals surface area contributed by atoms with Crippen molar-refractivity contribution in [1.29, 1.82) is 0 Å². The summed E-state index contributed by atoms with van der Waals surface area (Å²) in [6.45, 7) is 3.05. The highest BCUT2D eigenvalue weighted by atomic mass is 32.2. The van der Waals surface area contributed by atoms with Gasteiger partial charge in [-0.3, -0.25) is 0 Å². The fraction of sp³-hybridized carbons (Fsp3) is 0.250. The van der Waals surface area contributed by atoms with Crippen LogP contribution in [0.2, 0.25) is 0 Å². The first-order valence-electron chi connectivity index (χ1n) is 5.42. The van der Waals surface area contributed by atoms with Gasteiger partial charge in [0, 0.05) is 24.1 Å². The van der Waals surface area contributed by atoms with Gasteiger partial charge in [0.15, 0.2) is 0 Å². The number of sulfonamides is 1. The maximum atomic E-state index is 13.7. The first-order valence-corrected chi connectivity index (χ1v) is 6.92. The van der Waals surface area contributed by atoms with E-state index in [-0.39, 0.29) is 24.2 Å². The zero-order valence-corrected chi connectivity index (χ0v) is 11.0. The SMILES string of the molecule is C=CS(=O)(=O)N1Cc2c(F)ccc(C(=O)OC)c2C1. The lowest BCUT2D eigenvalue weighted by Crippen LogP contribution is -2.23. The Morgan fingerprint density at radius 3 is 2.63 bits per heavy atom. The van der Waals surface area contributed by atoms with E-state index in [2.05, 4.69) is 11.3 Å². The molecule has 102 valence electrons. The molecule has 1 aliphatic heterocycles. The summed E-state index contributed by atoms with van der Waals surface area (Å²) in [5.74, 6) is -1.15. The highest BCUT2D eigenvalue weighted by Gasteiger charge is 2.32. The molecule has 2 rings (SSSR count). The van der Waals surface area contributed by atoms with E-state index in [9.17, 15) is 17.6 Å². The monoisotopic (exact) mass is 285 g/mol. The third-order valence-corrected chi connectivity index (χ3v) is 4.42. The number of hydrogen-bond donors (Lipinski definition) is 0. The molecule has 0 fully saturated rings. The van der Waals surface area contributed by atoms with Crippen LogP contribution < -0.4 is 0 Å².